The fraction of sp³-hybridized carbons (Fsp3) is 0.300. The third-order valence-corrected chi connectivity index (χ3v) is 1.73. The molecule has 0 fully saturated rings. The van der Waals surface area contributed by atoms with Gasteiger partial charge >= 0.3 is 5.97 Å². The number of carbonyl (C=O) groups excluding carboxylic acids is 1. The zero-order valence-electron chi connectivity index (χ0n) is 9.14. The quantitative estimate of drug-likeness (QED) is 0.365. The fourth-order valence-corrected chi connectivity index (χ4v) is 1.09. The first kappa shape index (κ1) is 12.0. The van der Waals surface area contributed by atoms with Crippen LogP contribution in [-0.2, 0) is 4.74 Å². The Morgan fingerprint density at radius 2 is 2.25 bits per heavy atom. The second-order valence-electron chi connectivity index (χ2n) is 2.94. The summed E-state index contributed by atoms with van der Waals surface area (Å²) >= 11 is 0. The SMILES string of the molecule is CCOC(=O)c1ccccc1N/N=[N+](/C)[O-]. The largest absolute Gasteiger partial charge is 0.696 e. The van der Waals surface area contributed by atoms with Crippen LogP contribution in [0.4, 0.5) is 5.69 Å². The Bertz CT molecular complexity index is 400. The van der Waals surface area contributed by atoms with Gasteiger partial charge in [-0.15, -0.1) is 5.43 Å². The van der Waals surface area contributed by atoms with Crippen LogP contribution in [0.3, 0.4) is 0 Å². The average Bonchev–Trinajstić information content (AvgIpc) is 2.27. The second kappa shape index (κ2) is 5.69. The van der Waals surface area contributed by atoms with Gasteiger partial charge < -0.3 is 9.94 Å². The molecule has 0 saturated carbocycles. The van der Waals surface area contributed by atoms with Gasteiger partial charge in [-0.25, -0.2) is 4.79 Å². The molecule has 6 heteroatoms. The van der Waals surface area contributed by atoms with E-state index in [4.69, 9.17) is 4.74 Å². The Hall–Kier alpha value is -2.11. The van der Waals surface area contributed by atoms with Crippen LogP contribution in [-0.4, -0.2) is 24.5 Å². The predicted octanol–water partition coefficient (Wildman–Crippen LogP) is 1.78. The minimum atomic E-state index is -0.450. The molecule has 16 heavy (non-hydrogen) atoms. The molecule has 86 valence electrons. The topological polar surface area (TPSA) is 76.8 Å². The van der Waals surface area contributed by atoms with E-state index in [1.807, 2.05) is 0 Å². The average molecular weight is 223 g/mol. The number of anilines is 1. The summed E-state index contributed by atoms with van der Waals surface area (Å²) in [5.74, 6) is -0.450. The summed E-state index contributed by atoms with van der Waals surface area (Å²) in [6.45, 7) is 2.02. The lowest BCUT2D eigenvalue weighted by Gasteiger charge is -2.04. The standard InChI is InChI=1S/C10H13N3O3/c1-3-16-10(14)8-6-4-5-7-9(8)11-12-13(2)15/h4-7,11H,3H2,1-2H3/b13-12-. The number of hydrogen-bond acceptors (Lipinski definition) is 4. The molecule has 0 spiro atoms. The first-order chi connectivity index (χ1) is 7.65. The van der Waals surface area contributed by atoms with E-state index in [2.05, 4.69) is 10.6 Å². The number of esters is 1. The number of nitrogens with one attached hydrogen (secondary N) is 1. The molecule has 1 aromatic rings. The molecule has 6 nitrogen and oxygen atoms in total. The van der Waals surface area contributed by atoms with Crippen LogP contribution in [0.15, 0.2) is 29.5 Å². The van der Waals surface area contributed by atoms with Gasteiger partial charge in [-0.05, 0) is 19.1 Å². The Labute approximate surface area is 93.1 Å². The van der Waals surface area contributed by atoms with Gasteiger partial charge in [0, 0.05) is 0 Å². The Balaban J connectivity index is 2.91. The van der Waals surface area contributed by atoms with Crippen molar-refractivity contribution in [3.63, 3.8) is 0 Å². The lowest BCUT2D eigenvalue weighted by molar-refractivity contribution is -0.497. The smallest absolute Gasteiger partial charge is 0.342 e. The van der Waals surface area contributed by atoms with Crippen molar-refractivity contribution < 1.29 is 14.4 Å². The van der Waals surface area contributed by atoms with Gasteiger partial charge in [0.05, 0.1) is 11.8 Å². The van der Waals surface area contributed by atoms with Crippen molar-refractivity contribution in [1.82, 2.24) is 0 Å². The number of hydrogen-bond donors (Lipinski definition) is 1. The highest BCUT2D eigenvalue weighted by molar-refractivity contribution is 5.95. The molecule has 0 aliphatic rings. The normalized spacial score (nSPS) is 11.0. The third-order valence-electron chi connectivity index (χ3n) is 1.73. The molecule has 1 rings (SSSR count). The summed E-state index contributed by atoms with van der Waals surface area (Å²) < 4.78 is 4.86. The number of carbonyl (C=O) groups is 1. The highest BCUT2D eigenvalue weighted by Gasteiger charge is 2.14. The number of para-hydroxylation sites is 1. The van der Waals surface area contributed by atoms with Gasteiger partial charge in [-0.3, -0.25) is 0 Å². The van der Waals surface area contributed by atoms with Crippen molar-refractivity contribution in [2.45, 2.75) is 6.92 Å². The van der Waals surface area contributed by atoms with E-state index in [1.54, 1.807) is 31.2 Å². The van der Waals surface area contributed by atoms with Gasteiger partial charge in [-0.1, -0.05) is 12.1 Å². The summed E-state index contributed by atoms with van der Waals surface area (Å²) in [5, 5.41) is 14.0. The van der Waals surface area contributed by atoms with Crippen molar-refractivity contribution in [2.24, 2.45) is 5.22 Å². The van der Waals surface area contributed by atoms with E-state index >= 15 is 0 Å². The number of nitrogens with zero attached hydrogens (tertiary/aromatic N) is 2. The summed E-state index contributed by atoms with van der Waals surface area (Å²) in [7, 11) is 1.24. The Morgan fingerprint density at radius 1 is 1.56 bits per heavy atom. The summed E-state index contributed by atoms with van der Waals surface area (Å²) in [5.41, 5.74) is 3.27. The van der Waals surface area contributed by atoms with Crippen molar-refractivity contribution in [3.8, 4) is 0 Å². The second-order valence-corrected chi connectivity index (χ2v) is 2.94. The highest BCUT2D eigenvalue weighted by atomic mass is 16.5. The zero-order chi connectivity index (χ0) is 12.0. The molecule has 0 aromatic heterocycles. The minimum Gasteiger partial charge on any atom is -0.696 e. The fourth-order valence-electron chi connectivity index (χ4n) is 1.09. The van der Waals surface area contributed by atoms with Crippen molar-refractivity contribution >= 4 is 11.7 Å². The van der Waals surface area contributed by atoms with Gasteiger partial charge in [0.15, 0.2) is 5.69 Å². The first-order valence-electron chi connectivity index (χ1n) is 4.78. The van der Waals surface area contributed by atoms with Crippen LogP contribution >= 0.6 is 0 Å². The molecule has 0 aliphatic heterocycles. The maximum absolute atomic E-state index is 11.5. The molecule has 0 saturated heterocycles. The predicted molar refractivity (Wildman–Crippen MR) is 58.0 cm³/mol. The van der Waals surface area contributed by atoms with Crippen LogP contribution in [0.2, 0.25) is 0 Å². The molecule has 0 radical (unpaired) electrons. The molecular weight excluding hydrogens is 210 g/mol. The summed E-state index contributed by atoms with van der Waals surface area (Å²) in [6, 6.07) is 6.67. The lowest BCUT2D eigenvalue weighted by atomic mass is 10.2. The number of benzene rings is 1. The first-order valence-corrected chi connectivity index (χ1v) is 4.78. The molecule has 0 aliphatic carbocycles. The monoisotopic (exact) mass is 223 g/mol. The van der Waals surface area contributed by atoms with Gasteiger partial charge in [0.2, 0.25) is 0 Å². The maximum Gasteiger partial charge on any atom is 0.342 e. The van der Waals surface area contributed by atoms with Gasteiger partial charge in [-0.2, -0.15) is 4.86 Å². The number of hydroxylamine groups is 1. The lowest BCUT2D eigenvalue weighted by Crippen LogP contribution is -2.08. The van der Waals surface area contributed by atoms with Gasteiger partial charge in [0.25, 0.3) is 0 Å². The number of ether oxygens (including phenoxy) is 1. The molecule has 0 atom stereocenters. The maximum atomic E-state index is 11.5. The third kappa shape index (κ3) is 3.23. The van der Waals surface area contributed by atoms with Crippen LogP contribution in [0, 0.1) is 5.21 Å². The molecule has 0 heterocycles. The van der Waals surface area contributed by atoms with Crippen LogP contribution < -0.4 is 5.43 Å². The summed E-state index contributed by atoms with van der Waals surface area (Å²) in [6.07, 6.45) is 0. The van der Waals surface area contributed by atoms with E-state index in [-0.39, 0.29) is 0 Å². The molecule has 1 aromatic carbocycles. The van der Waals surface area contributed by atoms with E-state index < -0.39 is 5.97 Å². The molecule has 0 amide bonds. The number of rotatable bonds is 4. The Morgan fingerprint density at radius 3 is 2.88 bits per heavy atom. The highest BCUT2D eigenvalue weighted by Crippen LogP contribution is 2.16. The minimum absolute atomic E-state index is 0.297. The molecule has 0 bridgehead atoms. The van der Waals surface area contributed by atoms with Gasteiger partial charge in [0.1, 0.15) is 12.6 Å². The molecular formula is C10H13N3O3. The van der Waals surface area contributed by atoms with Crippen molar-refractivity contribution in [2.75, 3.05) is 19.1 Å². The van der Waals surface area contributed by atoms with Crippen molar-refractivity contribution in [3.05, 3.63) is 35.0 Å². The van der Waals surface area contributed by atoms with Crippen molar-refractivity contribution in [1.29, 1.82) is 0 Å². The summed E-state index contributed by atoms with van der Waals surface area (Å²) in [4.78, 5) is 11.9. The Kier molecular flexibility index (Phi) is 4.26. The van der Waals surface area contributed by atoms with Crippen LogP contribution in [0.5, 0.6) is 0 Å². The van der Waals surface area contributed by atoms with Crippen LogP contribution in [0.25, 0.3) is 0 Å². The molecule has 1 N–H and O–H groups in total. The van der Waals surface area contributed by atoms with Crippen LogP contribution in [0.1, 0.15) is 17.3 Å². The van der Waals surface area contributed by atoms with E-state index in [0.29, 0.717) is 22.7 Å². The zero-order valence-corrected chi connectivity index (χ0v) is 9.14. The van der Waals surface area contributed by atoms with E-state index in [0.717, 1.165) is 0 Å². The van der Waals surface area contributed by atoms with E-state index in [1.165, 1.54) is 7.05 Å². The van der Waals surface area contributed by atoms with E-state index in [9.17, 15) is 10.0 Å². The molecule has 0 unspecified atom stereocenters.